The second-order valence-electron chi connectivity index (χ2n) is 4.09. The lowest BCUT2D eigenvalue weighted by atomic mass is 10.1. The van der Waals surface area contributed by atoms with Gasteiger partial charge in [-0.1, -0.05) is 20.8 Å². The van der Waals surface area contributed by atoms with Gasteiger partial charge in [0.2, 0.25) is 0 Å². The predicted molar refractivity (Wildman–Crippen MR) is 56.4 cm³/mol. The molecular formula is C11H22N2. The zero-order valence-corrected chi connectivity index (χ0v) is 9.38. The summed E-state index contributed by atoms with van der Waals surface area (Å²) in [6, 6.07) is 2.69. The van der Waals surface area contributed by atoms with E-state index in [4.69, 9.17) is 5.26 Å². The van der Waals surface area contributed by atoms with Crippen LogP contribution in [0.3, 0.4) is 0 Å². The smallest absolute Gasteiger partial charge is 0.0638 e. The van der Waals surface area contributed by atoms with Crippen molar-refractivity contribution in [3.05, 3.63) is 0 Å². The van der Waals surface area contributed by atoms with Crippen LogP contribution >= 0.6 is 0 Å². The Balaban J connectivity index is 3.78. The van der Waals surface area contributed by atoms with Crippen molar-refractivity contribution in [2.45, 2.75) is 46.1 Å². The third-order valence-corrected chi connectivity index (χ3v) is 2.48. The highest BCUT2D eigenvalue weighted by Crippen LogP contribution is 2.08. The van der Waals surface area contributed by atoms with Crippen molar-refractivity contribution < 1.29 is 0 Å². The molecule has 0 aromatic rings. The van der Waals surface area contributed by atoms with Crippen molar-refractivity contribution in [3.63, 3.8) is 0 Å². The van der Waals surface area contributed by atoms with Gasteiger partial charge in [0, 0.05) is 6.04 Å². The first-order valence-electron chi connectivity index (χ1n) is 5.19. The Morgan fingerprint density at radius 1 is 1.38 bits per heavy atom. The monoisotopic (exact) mass is 182 g/mol. The Morgan fingerprint density at radius 2 is 2.00 bits per heavy atom. The van der Waals surface area contributed by atoms with Crippen LogP contribution in [0, 0.1) is 17.2 Å². The van der Waals surface area contributed by atoms with Crippen molar-refractivity contribution in [2.24, 2.45) is 5.92 Å². The fraction of sp³-hybridized carbons (Fsp3) is 0.909. The van der Waals surface area contributed by atoms with E-state index in [1.807, 2.05) is 0 Å². The van der Waals surface area contributed by atoms with Gasteiger partial charge in [0.15, 0.2) is 0 Å². The second kappa shape index (κ2) is 6.91. The van der Waals surface area contributed by atoms with Crippen LogP contribution in [0.1, 0.15) is 40.0 Å². The quantitative estimate of drug-likeness (QED) is 0.631. The van der Waals surface area contributed by atoms with Gasteiger partial charge in [-0.25, -0.2) is 0 Å². The van der Waals surface area contributed by atoms with Crippen LogP contribution in [0.2, 0.25) is 0 Å². The molecule has 0 aliphatic heterocycles. The van der Waals surface area contributed by atoms with Crippen LogP contribution in [0.25, 0.3) is 0 Å². The fourth-order valence-electron chi connectivity index (χ4n) is 1.36. The third kappa shape index (κ3) is 5.65. The zero-order chi connectivity index (χ0) is 10.3. The maximum Gasteiger partial charge on any atom is 0.0638 e. The van der Waals surface area contributed by atoms with Crippen molar-refractivity contribution >= 4 is 0 Å². The Morgan fingerprint density at radius 3 is 2.38 bits per heavy atom. The molecule has 0 aromatic carbocycles. The SMILES string of the molecule is CCC(CC#N)N(C)CCC(C)C. The molecule has 2 nitrogen and oxygen atoms in total. The van der Waals surface area contributed by atoms with Crippen LogP contribution in [0.4, 0.5) is 0 Å². The number of hydrogen-bond donors (Lipinski definition) is 0. The highest BCUT2D eigenvalue weighted by Gasteiger charge is 2.11. The van der Waals surface area contributed by atoms with Gasteiger partial charge in [0.05, 0.1) is 12.5 Å². The van der Waals surface area contributed by atoms with E-state index in [9.17, 15) is 0 Å². The number of nitrogens with zero attached hydrogens (tertiary/aromatic N) is 2. The molecular weight excluding hydrogens is 160 g/mol. The molecule has 0 heterocycles. The molecule has 0 bridgehead atoms. The maximum atomic E-state index is 8.62. The molecule has 0 aromatic heterocycles. The lowest BCUT2D eigenvalue weighted by molar-refractivity contribution is 0.226. The van der Waals surface area contributed by atoms with Crippen molar-refractivity contribution in [1.29, 1.82) is 5.26 Å². The summed E-state index contributed by atoms with van der Waals surface area (Å²) in [7, 11) is 2.12. The molecule has 13 heavy (non-hydrogen) atoms. The number of nitriles is 1. The minimum Gasteiger partial charge on any atom is -0.302 e. The third-order valence-electron chi connectivity index (χ3n) is 2.48. The number of rotatable bonds is 6. The summed E-state index contributed by atoms with van der Waals surface area (Å²) in [6.45, 7) is 7.73. The van der Waals surface area contributed by atoms with Gasteiger partial charge in [-0.15, -0.1) is 0 Å². The largest absolute Gasteiger partial charge is 0.302 e. The van der Waals surface area contributed by atoms with Gasteiger partial charge >= 0.3 is 0 Å². The van der Waals surface area contributed by atoms with E-state index in [1.54, 1.807) is 0 Å². The molecule has 0 aliphatic rings. The molecule has 76 valence electrons. The van der Waals surface area contributed by atoms with Crippen LogP contribution in [-0.2, 0) is 0 Å². The summed E-state index contributed by atoms with van der Waals surface area (Å²) in [5.41, 5.74) is 0. The van der Waals surface area contributed by atoms with Gasteiger partial charge in [-0.05, 0) is 32.4 Å². The van der Waals surface area contributed by atoms with Gasteiger partial charge in [0.25, 0.3) is 0 Å². The van der Waals surface area contributed by atoms with Crippen LogP contribution in [0.5, 0.6) is 0 Å². The zero-order valence-electron chi connectivity index (χ0n) is 9.38. The highest BCUT2D eigenvalue weighted by atomic mass is 15.1. The summed E-state index contributed by atoms with van der Waals surface area (Å²) in [4.78, 5) is 2.31. The molecule has 0 rings (SSSR count). The fourth-order valence-corrected chi connectivity index (χ4v) is 1.36. The van der Waals surface area contributed by atoms with E-state index >= 15 is 0 Å². The first kappa shape index (κ1) is 12.4. The average Bonchev–Trinajstić information content (AvgIpc) is 2.10. The molecule has 0 saturated carbocycles. The lowest BCUT2D eigenvalue weighted by Gasteiger charge is -2.25. The minimum atomic E-state index is 0.448. The topological polar surface area (TPSA) is 27.0 Å². The maximum absolute atomic E-state index is 8.62. The van der Waals surface area contributed by atoms with Gasteiger partial charge in [-0.3, -0.25) is 0 Å². The average molecular weight is 182 g/mol. The summed E-state index contributed by atoms with van der Waals surface area (Å²) < 4.78 is 0. The Bertz CT molecular complexity index is 158. The predicted octanol–water partition coefficient (Wildman–Crippen LogP) is 2.66. The molecule has 1 unspecified atom stereocenters. The van der Waals surface area contributed by atoms with E-state index in [2.05, 4.69) is 38.8 Å². The van der Waals surface area contributed by atoms with Gasteiger partial charge in [-0.2, -0.15) is 5.26 Å². The summed E-state index contributed by atoms with van der Waals surface area (Å²) in [5, 5.41) is 8.62. The standard InChI is InChI=1S/C11H22N2/c1-5-11(6-8-12)13(4)9-7-10(2)3/h10-11H,5-7,9H2,1-4H3. The van der Waals surface area contributed by atoms with Crippen LogP contribution < -0.4 is 0 Å². The molecule has 0 fully saturated rings. The van der Waals surface area contributed by atoms with Gasteiger partial charge < -0.3 is 4.90 Å². The summed E-state index contributed by atoms with van der Waals surface area (Å²) in [5.74, 6) is 0.752. The molecule has 2 heteroatoms. The van der Waals surface area contributed by atoms with Crippen molar-refractivity contribution in [2.75, 3.05) is 13.6 Å². The van der Waals surface area contributed by atoms with Crippen LogP contribution in [-0.4, -0.2) is 24.5 Å². The summed E-state index contributed by atoms with van der Waals surface area (Å²) >= 11 is 0. The number of hydrogen-bond acceptors (Lipinski definition) is 2. The van der Waals surface area contributed by atoms with E-state index < -0.39 is 0 Å². The normalized spacial score (nSPS) is 13.3. The summed E-state index contributed by atoms with van der Waals surface area (Å²) in [6.07, 6.45) is 2.95. The molecule has 0 spiro atoms. The minimum absolute atomic E-state index is 0.448. The molecule has 1 atom stereocenters. The van der Waals surface area contributed by atoms with Crippen molar-refractivity contribution in [3.8, 4) is 6.07 Å². The Labute approximate surface area is 82.5 Å². The molecule has 0 radical (unpaired) electrons. The Hall–Kier alpha value is -0.550. The van der Waals surface area contributed by atoms with E-state index in [0.717, 1.165) is 18.9 Å². The van der Waals surface area contributed by atoms with E-state index in [-0.39, 0.29) is 0 Å². The van der Waals surface area contributed by atoms with Gasteiger partial charge in [0.1, 0.15) is 0 Å². The molecule has 0 saturated heterocycles. The highest BCUT2D eigenvalue weighted by molar-refractivity contribution is 4.80. The Kier molecular flexibility index (Phi) is 6.62. The second-order valence-corrected chi connectivity index (χ2v) is 4.09. The first-order valence-corrected chi connectivity index (χ1v) is 5.19. The van der Waals surface area contributed by atoms with Crippen molar-refractivity contribution in [1.82, 2.24) is 4.90 Å². The molecule has 0 amide bonds. The van der Waals surface area contributed by atoms with E-state index in [0.29, 0.717) is 12.5 Å². The lowest BCUT2D eigenvalue weighted by Crippen LogP contribution is -2.32. The molecule has 0 aliphatic carbocycles. The molecule has 0 N–H and O–H groups in total. The van der Waals surface area contributed by atoms with Crippen LogP contribution in [0.15, 0.2) is 0 Å². The van der Waals surface area contributed by atoms with E-state index in [1.165, 1.54) is 6.42 Å². The first-order chi connectivity index (χ1) is 6.11.